The Morgan fingerprint density at radius 1 is 1.33 bits per heavy atom. The smallest absolute Gasteiger partial charge is 0.178 e. The lowest BCUT2D eigenvalue weighted by Gasteiger charge is -2.59. The van der Waals surface area contributed by atoms with Gasteiger partial charge in [-0.1, -0.05) is 24.1 Å². The first-order chi connectivity index (χ1) is 9.93. The zero-order chi connectivity index (χ0) is 15.2. The number of halogens is 1. The van der Waals surface area contributed by atoms with Gasteiger partial charge in [0.05, 0.1) is 11.6 Å². The van der Waals surface area contributed by atoms with Crippen molar-refractivity contribution in [1.29, 1.82) is 0 Å². The van der Waals surface area contributed by atoms with Crippen molar-refractivity contribution in [3.8, 4) is 0 Å². The van der Waals surface area contributed by atoms with E-state index in [2.05, 4.69) is 11.9 Å². The van der Waals surface area contributed by atoms with Crippen molar-refractivity contribution in [2.24, 2.45) is 5.41 Å². The van der Waals surface area contributed by atoms with Crippen LogP contribution in [0.4, 0.5) is 0 Å². The van der Waals surface area contributed by atoms with Gasteiger partial charge in [0.25, 0.3) is 0 Å². The van der Waals surface area contributed by atoms with Crippen LogP contribution in [0.2, 0.25) is 5.02 Å². The van der Waals surface area contributed by atoms with Crippen LogP contribution in [0.5, 0.6) is 0 Å². The van der Waals surface area contributed by atoms with Gasteiger partial charge in [-0.05, 0) is 69.2 Å². The lowest BCUT2D eigenvalue weighted by atomic mass is 9.52. The molecule has 2 fully saturated rings. The van der Waals surface area contributed by atoms with Gasteiger partial charge in [0.1, 0.15) is 0 Å². The topological polar surface area (TPSA) is 20.3 Å². The predicted molar refractivity (Wildman–Crippen MR) is 87.2 cm³/mol. The molecule has 2 aliphatic carbocycles. The van der Waals surface area contributed by atoms with Gasteiger partial charge in [-0.15, -0.1) is 0 Å². The Balaban J connectivity index is 1.72. The Bertz CT molecular complexity index is 548. The summed E-state index contributed by atoms with van der Waals surface area (Å²) in [6, 6.07) is 4.52. The van der Waals surface area contributed by atoms with Crippen LogP contribution in [0.25, 0.3) is 0 Å². The molecule has 0 amide bonds. The summed E-state index contributed by atoms with van der Waals surface area (Å²) in [7, 11) is 2.10. The van der Waals surface area contributed by atoms with Gasteiger partial charge in [0.2, 0.25) is 0 Å². The Morgan fingerprint density at radius 2 is 2.05 bits per heavy atom. The highest BCUT2D eigenvalue weighted by atomic mass is 35.5. The number of Topliss-reactive ketones (excluding diaryl/α,β-unsaturated/α-hetero) is 1. The second kappa shape index (κ2) is 5.40. The monoisotopic (exact) mass is 305 g/mol. The maximum absolute atomic E-state index is 12.6. The average Bonchev–Trinajstić information content (AvgIpc) is 2.22. The normalized spacial score (nSPS) is 23.0. The van der Waals surface area contributed by atoms with Crippen molar-refractivity contribution in [2.45, 2.75) is 52.0 Å². The van der Waals surface area contributed by atoms with Crippen LogP contribution < -0.4 is 0 Å². The van der Waals surface area contributed by atoms with Crippen LogP contribution in [-0.4, -0.2) is 30.3 Å². The number of ketones is 1. The van der Waals surface area contributed by atoms with Crippen LogP contribution in [0, 0.1) is 19.3 Å². The van der Waals surface area contributed by atoms with Gasteiger partial charge in [-0.3, -0.25) is 9.69 Å². The molecule has 1 atom stereocenters. The fourth-order valence-corrected chi connectivity index (χ4v) is 4.69. The van der Waals surface area contributed by atoms with Crippen LogP contribution >= 0.6 is 11.6 Å². The predicted octanol–water partition coefficient (Wildman–Crippen LogP) is 4.40. The number of benzene rings is 1. The number of hydrogen-bond donors (Lipinski definition) is 0. The minimum atomic E-state index is 0.154. The van der Waals surface area contributed by atoms with E-state index >= 15 is 0 Å². The molecule has 1 unspecified atom stereocenters. The number of carbonyl (C=O) groups excluding carboxylic acids is 1. The zero-order valence-corrected chi connectivity index (χ0v) is 14.0. The number of aryl methyl sites for hydroxylation is 2. The largest absolute Gasteiger partial charge is 0.295 e. The summed E-state index contributed by atoms with van der Waals surface area (Å²) in [4.78, 5) is 14.9. The van der Waals surface area contributed by atoms with Crippen molar-refractivity contribution in [2.75, 3.05) is 13.6 Å². The number of nitrogens with zero attached hydrogens (tertiary/aromatic N) is 1. The highest BCUT2D eigenvalue weighted by Crippen LogP contribution is 2.57. The molecular weight excluding hydrogens is 282 g/mol. The molecule has 0 bridgehead atoms. The number of hydrogen-bond acceptors (Lipinski definition) is 2. The molecule has 1 spiro atoms. The zero-order valence-electron chi connectivity index (χ0n) is 13.2. The summed E-state index contributed by atoms with van der Waals surface area (Å²) in [5, 5.41) is 0.595. The Hall–Kier alpha value is -0.860. The van der Waals surface area contributed by atoms with Gasteiger partial charge in [-0.2, -0.15) is 0 Å². The molecule has 1 aromatic rings. The lowest BCUT2D eigenvalue weighted by Crippen LogP contribution is -2.58. The summed E-state index contributed by atoms with van der Waals surface area (Å²) in [6.45, 7) is 4.47. The third-order valence-corrected chi connectivity index (χ3v) is 5.91. The molecule has 2 aliphatic rings. The second-order valence-electron chi connectivity index (χ2n) is 7.05. The Kier molecular flexibility index (Phi) is 3.87. The SMILES string of the molecule is Cc1cc(C)c(C(=O)CN(C)C2CCC23CCC3)c(Cl)c1. The van der Waals surface area contributed by atoms with E-state index in [1.807, 2.05) is 26.0 Å². The van der Waals surface area contributed by atoms with Gasteiger partial charge >= 0.3 is 0 Å². The minimum Gasteiger partial charge on any atom is -0.295 e. The summed E-state index contributed by atoms with van der Waals surface area (Å²) in [6.07, 6.45) is 6.65. The van der Waals surface area contributed by atoms with E-state index in [0.29, 0.717) is 28.6 Å². The Labute approximate surface area is 132 Å². The van der Waals surface area contributed by atoms with Gasteiger partial charge in [0.15, 0.2) is 5.78 Å². The summed E-state index contributed by atoms with van der Waals surface area (Å²) >= 11 is 6.30. The highest BCUT2D eigenvalue weighted by molar-refractivity contribution is 6.34. The third kappa shape index (κ3) is 2.53. The van der Waals surface area contributed by atoms with Crippen molar-refractivity contribution < 1.29 is 4.79 Å². The molecule has 0 saturated heterocycles. The van der Waals surface area contributed by atoms with E-state index < -0.39 is 0 Å². The number of rotatable bonds is 4. The minimum absolute atomic E-state index is 0.154. The molecule has 21 heavy (non-hydrogen) atoms. The average molecular weight is 306 g/mol. The summed E-state index contributed by atoms with van der Waals surface area (Å²) in [5.41, 5.74) is 3.34. The lowest BCUT2D eigenvalue weighted by molar-refractivity contribution is -0.0706. The van der Waals surface area contributed by atoms with Gasteiger partial charge in [-0.25, -0.2) is 0 Å². The van der Waals surface area contributed by atoms with Crippen molar-refractivity contribution in [3.05, 3.63) is 33.8 Å². The standard InChI is InChI=1S/C18H24ClNO/c1-12-9-13(2)17(14(19)10-12)15(21)11-20(3)16-5-8-18(16)6-4-7-18/h9-10,16H,4-8,11H2,1-3H3. The summed E-state index contributed by atoms with van der Waals surface area (Å²) < 4.78 is 0. The number of carbonyl (C=O) groups is 1. The third-order valence-electron chi connectivity index (χ3n) is 5.61. The molecule has 2 nitrogen and oxygen atoms in total. The van der Waals surface area contributed by atoms with E-state index in [-0.39, 0.29) is 5.78 Å². The van der Waals surface area contributed by atoms with E-state index in [4.69, 9.17) is 11.6 Å². The first-order valence-corrected chi connectivity index (χ1v) is 8.31. The first kappa shape index (κ1) is 15.1. The van der Waals surface area contributed by atoms with Gasteiger partial charge in [0, 0.05) is 11.6 Å². The molecule has 2 saturated carbocycles. The van der Waals surface area contributed by atoms with Gasteiger partial charge < -0.3 is 0 Å². The molecule has 1 aromatic carbocycles. The highest BCUT2D eigenvalue weighted by Gasteiger charge is 2.52. The first-order valence-electron chi connectivity index (χ1n) is 7.93. The van der Waals surface area contributed by atoms with E-state index in [9.17, 15) is 4.79 Å². The fourth-order valence-electron chi connectivity index (χ4n) is 4.27. The molecule has 0 radical (unpaired) electrons. The van der Waals surface area contributed by atoms with Crippen LogP contribution in [0.3, 0.4) is 0 Å². The number of likely N-dealkylation sites (N-methyl/N-ethyl adjacent to an activating group) is 1. The molecule has 3 rings (SSSR count). The maximum atomic E-state index is 12.6. The van der Waals surface area contributed by atoms with Crippen LogP contribution in [0.1, 0.15) is 53.6 Å². The van der Waals surface area contributed by atoms with Crippen molar-refractivity contribution in [3.63, 3.8) is 0 Å². The Morgan fingerprint density at radius 3 is 2.52 bits per heavy atom. The quantitative estimate of drug-likeness (QED) is 0.768. The van der Waals surface area contributed by atoms with E-state index in [0.717, 1.165) is 11.1 Å². The molecule has 0 heterocycles. The molecule has 0 aromatic heterocycles. The molecule has 0 aliphatic heterocycles. The fraction of sp³-hybridized carbons (Fsp3) is 0.611. The van der Waals surface area contributed by atoms with Crippen LogP contribution in [0.15, 0.2) is 12.1 Å². The summed E-state index contributed by atoms with van der Waals surface area (Å²) in [5.74, 6) is 0.154. The van der Waals surface area contributed by atoms with Crippen LogP contribution in [-0.2, 0) is 0 Å². The van der Waals surface area contributed by atoms with E-state index in [1.165, 1.54) is 32.1 Å². The molecule has 0 N–H and O–H groups in total. The maximum Gasteiger partial charge on any atom is 0.178 e. The van der Waals surface area contributed by atoms with Crippen molar-refractivity contribution in [1.82, 2.24) is 4.90 Å². The van der Waals surface area contributed by atoms with E-state index in [1.54, 1.807) is 0 Å². The molecule has 114 valence electrons. The van der Waals surface area contributed by atoms with Crippen molar-refractivity contribution >= 4 is 17.4 Å². The second-order valence-corrected chi connectivity index (χ2v) is 7.45. The molecular formula is C18H24ClNO. The molecule has 3 heteroatoms.